The zero-order chi connectivity index (χ0) is 46.1. The molecule has 0 bridgehead atoms. The zero-order valence-electron chi connectivity index (χ0n) is 33.5. The Morgan fingerprint density at radius 2 is 1.18 bits per heavy atom. The Bertz CT molecular complexity index is 1830. The fourth-order valence-corrected chi connectivity index (χ4v) is 5.95. The standard InChI is InChI=1S/C37H52N8O16/c1-4-17(2)30(38)35(58)44-24(12-19-7-9-20(46)10-8-19)36(59)45-11-5-6-25(45)34(57)39-16-26(47)41-21(13-27(48)49)32(55)43-23(15-29(52)53)33(56)42-22(14-28(50)51)31(54)40-18(3)37(60)61/h7-10,17-18,21-25,30,46H,4-6,11-16,38H2,1-3H3,(H,39,57)(H,40,54)(H,41,47)(H,42,56)(H,43,55)(H,44,58)(H,48,49)(H,50,51)(H,52,53)(H,60,61)/t17-,18-,21-,22-,23-,24-,25-,30-/m0/s1. The number of carboxylic acids is 4. The quantitative estimate of drug-likeness (QED) is 0.0477. The number of likely N-dealkylation sites (tertiary alicyclic amines) is 1. The first kappa shape index (κ1) is 50.3. The third kappa shape index (κ3) is 16.4. The van der Waals surface area contributed by atoms with E-state index in [9.17, 15) is 73.2 Å². The largest absolute Gasteiger partial charge is 0.508 e. The number of phenols is 1. The van der Waals surface area contributed by atoms with E-state index in [4.69, 9.17) is 10.8 Å². The molecule has 0 radical (unpaired) electrons. The van der Waals surface area contributed by atoms with Crippen LogP contribution in [0, 0.1) is 5.92 Å². The molecule has 7 amide bonds. The first-order valence-electron chi connectivity index (χ1n) is 19.0. The number of amides is 7. The van der Waals surface area contributed by atoms with Crippen LogP contribution in [0.5, 0.6) is 5.75 Å². The van der Waals surface area contributed by atoms with Crippen LogP contribution in [-0.4, -0.2) is 151 Å². The molecule has 13 N–H and O–H groups in total. The van der Waals surface area contributed by atoms with E-state index in [0.29, 0.717) is 18.4 Å². The normalized spacial score (nSPS) is 16.8. The second-order valence-corrected chi connectivity index (χ2v) is 14.4. The van der Waals surface area contributed by atoms with Crippen molar-refractivity contribution in [1.82, 2.24) is 36.8 Å². The number of carbonyl (C=O) groups is 11. The van der Waals surface area contributed by atoms with Gasteiger partial charge in [0.1, 0.15) is 42.0 Å². The molecule has 1 saturated heterocycles. The van der Waals surface area contributed by atoms with Crippen molar-refractivity contribution >= 4 is 65.2 Å². The van der Waals surface area contributed by atoms with Crippen LogP contribution in [0.2, 0.25) is 0 Å². The fraction of sp³-hybridized carbons (Fsp3) is 0.541. The number of carbonyl (C=O) groups excluding carboxylic acids is 7. The van der Waals surface area contributed by atoms with E-state index in [-0.39, 0.29) is 31.1 Å². The number of aliphatic carboxylic acids is 4. The number of phenolic OH excluding ortho intramolecular Hbond substituents is 1. The predicted molar refractivity (Wildman–Crippen MR) is 207 cm³/mol. The van der Waals surface area contributed by atoms with Crippen molar-refractivity contribution in [2.45, 2.75) is 108 Å². The van der Waals surface area contributed by atoms with Gasteiger partial charge in [-0.1, -0.05) is 32.4 Å². The first-order chi connectivity index (χ1) is 28.5. The summed E-state index contributed by atoms with van der Waals surface area (Å²) in [6.45, 7) is 3.87. The highest BCUT2D eigenvalue weighted by molar-refractivity contribution is 5.99. The minimum absolute atomic E-state index is 0.0301. The predicted octanol–water partition coefficient (Wildman–Crippen LogP) is -3.63. The third-order valence-electron chi connectivity index (χ3n) is 9.60. The van der Waals surface area contributed by atoms with E-state index in [1.165, 1.54) is 17.0 Å². The van der Waals surface area contributed by atoms with E-state index in [1.807, 2.05) is 22.9 Å². The molecule has 1 aromatic carbocycles. The molecule has 1 aliphatic heterocycles. The van der Waals surface area contributed by atoms with E-state index >= 15 is 0 Å². The van der Waals surface area contributed by atoms with Gasteiger partial charge in [0.25, 0.3) is 0 Å². The number of benzene rings is 1. The molecule has 2 rings (SSSR count). The van der Waals surface area contributed by atoms with E-state index in [2.05, 4.69) is 16.0 Å². The van der Waals surface area contributed by atoms with Crippen LogP contribution in [0.4, 0.5) is 0 Å². The summed E-state index contributed by atoms with van der Waals surface area (Å²) < 4.78 is 0. The van der Waals surface area contributed by atoms with Crippen LogP contribution in [0.3, 0.4) is 0 Å². The molecule has 0 spiro atoms. The Hall–Kier alpha value is -6.85. The van der Waals surface area contributed by atoms with E-state index in [1.54, 1.807) is 19.1 Å². The Labute approximate surface area is 348 Å². The van der Waals surface area contributed by atoms with Crippen molar-refractivity contribution in [3.05, 3.63) is 29.8 Å². The monoisotopic (exact) mass is 864 g/mol. The molecule has 1 aliphatic rings. The molecule has 0 aliphatic carbocycles. The van der Waals surface area contributed by atoms with Crippen molar-refractivity contribution in [3.8, 4) is 5.75 Å². The van der Waals surface area contributed by atoms with E-state index < -0.39 is 133 Å². The lowest BCUT2D eigenvalue weighted by Crippen LogP contribution is -2.59. The van der Waals surface area contributed by atoms with Crippen LogP contribution in [0.15, 0.2) is 24.3 Å². The maximum Gasteiger partial charge on any atom is 0.325 e. The highest BCUT2D eigenvalue weighted by Gasteiger charge is 2.39. The second-order valence-electron chi connectivity index (χ2n) is 14.4. The summed E-state index contributed by atoms with van der Waals surface area (Å²) in [5.41, 5.74) is 6.68. The highest BCUT2D eigenvalue weighted by Crippen LogP contribution is 2.21. The van der Waals surface area contributed by atoms with Gasteiger partial charge in [0.05, 0.1) is 31.8 Å². The molecule has 8 atom stereocenters. The van der Waals surface area contributed by atoms with Crippen LogP contribution < -0.4 is 37.6 Å². The summed E-state index contributed by atoms with van der Waals surface area (Å²) in [5, 5.41) is 59.6. The molecule has 0 aromatic heterocycles. The van der Waals surface area contributed by atoms with Crippen LogP contribution in [-0.2, 0) is 59.2 Å². The lowest BCUT2D eigenvalue weighted by molar-refractivity contribution is -0.145. The van der Waals surface area contributed by atoms with Gasteiger partial charge in [0, 0.05) is 13.0 Å². The van der Waals surface area contributed by atoms with Crippen LogP contribution in [0.25, 0.3) is 0 Å². The molecular formula is C37H52N8O16. The van der Waals surface area contributed by atoms with Gasteiger partial charge in [-0.05, 0) is 43.4 Å². The van der Waals surface area contributed by atoms with Gasteiger partial charge in [0.2, 0.25) is 41.4 Å². The van der Waals surface area contributed by atoms with Gasteiger partial charge in [-0.2, -0.15) is 0 Å². The number of hydrogen-bond acceptors (Lipinski definition) is 13. The number of hydrogen-bond donors (Lipinski definition) is 12. The number of nitrogens with zero attached hydrogens (tertiary/aromatic N) is 1. The van der Waals surface area contributed by atoms with Gasteiger partial charge in [-0.15, -0.1) is 0 Å². The average molecular weight is 865 g/mol. The van der Waals surface area contributed by atoms with E-state index in [0.717, 1.165) is 6.92 Å². The zero-order valence-corrected chi connectivity index (χ0v) is 33.5. The Morgan fingerprint density at radius 3 is 1.66 bits per heavy atom. The maximum atomic E-state index is 13.9. The minimum atomic E-state index is -2.08. The molecule has 1 heterocycles. The smallest absolute Gasteiger partial charge is 0.325 e. The molecule has 336 valence electrons. The summed E-state index contributed by atoms with van der Waals surface area (Å²) in [6.07, 6.45) is -2.35. The van der Waals surface area contributed by atoms with Crippen LogP contribution >= 0.6 is 0 Å². The fourth-order valence-electron chi connectivity index (χ4n) is 5.95. The number of rotatable bonds is 24. The minimum Gasteiger partial charge on any atom is -0.508 e. The molecule has 61 heavy (non-hydrogen) atoms. The highest BCUT2D eigenvalue weighted by atomic mass is 16.4. The number of nitrogens with one attached hydrogen (secondary N) is 6. The Balaban J connectivity index is 2.19. The lowest BCUT2D eigenvalue weighted by Gasteiger charge is -2.30. The summed E-state index contributed by atoms with van der Waals surface area (Å²) in [7, 11) is 0. The van der Waals surface area contributed by atoms with Crippen molar-refractivity contribution in [2.75, 3.05) is 13.1 Å². The molecule has 24 nitrogen and oxygen atoms in total. The van der Waals surface area contributed by atoms with Crippen molar-refractivity contribution < 1.29 is 78.3 Å². The SMILES string of the molecule is CC[C@H](C)[C@H](N)C(=O)N[C@@H](Cc1ccc(O)cc1)C(=O)N1CCC[C@H]1C(=O)NCC(=O)N[C@@H](CC(=O)O)C(=O)N[C@@H](CC(=O)O)C(=O)N[C@@H](CC(=O)O)C(=O)N[C@@H](C)C(=O)O. The van der Waals surface area contributed by atoms with Crippen molar-refractivity contribution in [1.29, 1.82) is 0 Å². The van der Waals surface area contributed by atoms with Gasteiger partial charge in [-0.25, -0.2) is 0 Å². The summed E-state index contributed by atoms with van der Waals surface area (Å²) in [4.78, 5) is 139. The maximum absolute atomic E-state index is 13.9. The molecular weight excluding hydrogens is 812 g/mol. The summed E-state index contributed by atoms with van der Waals surface area (Å²) >= 11 is 0. The molecule has 1 fully saturated rings. The van der Waals surface area contributed by atoms with Gasteiger partial charge in [0.15, 0.2) is 0 Å². The number of carboxylic acid groups (broad SMARTS) is 4. The van der Waals surface area contributed by atoms with Gasteiger partial charge in [-0.3, -0.25) is 52.7 Å². The van der Waals surface area contributed by atoms with Gasteiger partial charge >= 0.3 is 23.9 Å². The lowest BCUT2D eigenvalue weighted by atomic mass is 9.98. The molecule has 0 saturated carbocycles. The Morgan fingerprint density at radius 1 is 0.705 bits per heavy atom. The second kappa shape index (κ2) is 23.7. The first-order valence-corrected chi connectivity index (χ1v) is 19.0. The molecule has 1 aromatic rings. The average Bonchev–Trinajstić information content (AvgIpc) is 3.68. The summed E-state index contributed by atoms with van der Waals surface area (Å²) in [5.74, 6) is -14.1. The van der Waals surface area contributed by atoms with Gasteiger partial charge < -0.3 is 68.1 Å². The number of nitrogens with two attached hydrogens (primary N) is 1. The molecule has 0 unspecified atom stereocenters. The van der Waals surface area contributed by atoms with Crippen LogP contribution in [0.1, 0.15) is 64.9 Å². The topological polar surface area (TPSA) is 390 Å². The Kier molecular flexibility index (Phi) is 19.5. The molecule has 24 heteroatoms. The summed E-state index contributed by atoms with van der Waals surface area (Å²) in [6, 6.07) is -4.94. The number of aromatic hydroxyl groups is 1. The third-order valence-corrected chi connectivity index (χ3v) is 9.60. The van der Waals surface area contributed by atoms with Crippen molar-refractivity contribution in [2.24, 2.45) is 11.7 Å². The van der Waals surface area contributed by atoms with Crippen molar-refractivity contribution in [3.63, 3.8) is 0 Å².